The summed E-state index contributed by atoms with van der Waals surface area (Å²) < 4.78 is 1.77. The molecule has 0 amide bonds. The molecule has 0 saturated heterocycles. The van der Waals surface area contributed by atoms with Gasteiger partial charge in [-0.05, 0) is 32.4 Å². The summed E-state index contributed by atoms with van der Waals surface area (Å²) in [5.74, 6) is 0.128. The van der Waals surface area contributed by atoms with Crippen molar-refractivity contribution in [2.75, 3.05) is 0 Å². The molecule has 2 aromatic rings. The van der Waals surface area contributed by atoms with E-state index in [4.69, 9.17) is 0 Å². The van der Waals surface area contributed by atoms with Gasteiger partial charge in [-0.15, -0.1) is 0 Å². The molecule has 3 heteroatoms. The smallest absolute Gasteiger partial charge is 0.185 e. The molecule has 0 aliphatic rings. The van der Waals surface area contributed by atoms with Gasteiger partial charge in [0.2, 0.25) is 0 Å². The monoisotopic (exact) mass is 242 g/mol. The van der Waals surface area contributed by atoms with E-state index in [1.165, 1.54) is 5.56 Å². The predicted octanol–water partition coefficient (Wildman–Crippen LogP) is 2.95. The molecule has 18 heavy (non-hydrogen) atoms. The third-order valence-electron chi connectivity index (χ3n) is 2.93. The largest absolute Gasteiger partial charge is 0.292 e. The minimum Gasteiger partial charge on any atom is -0.292 e. The zero-order valence-electron chi connectivity index (χ0n) is 11.1. The van der Waals surface area contributed by atoms with Crippen molar-refractivity contribution < 1.29 is 4.79 Å². The molecular formula is C15H18N2O. The van der Waals surface area contributed by atoms with Crippen LogP contribution in [-0.2, 0) is 13.0 Å². The number of hydrogen-bond acceptors (Lipinski definition) is 2. The van der Waals surface area contributed by atoms with Gasteiger partial charge in [0.15, 0.2) is 5.78 Å². The highest BCUT2D eigenvalue weighted by atomic mass is 16.1. The lowest BCUT2D eigenvalue weighted by Crippen LogP contribution is -2.11. The SMILES string of the molecule is CCn1nc(C)cc1C(=O)Cc1cccc(C)c1. The van der Waals surface area contributed by atoms with E-state index in [9.17, 15) is 4.79 Å². The van der Waals surface area contributed by atoms with Crippen LogP contribution in [0.15, 0.2) is 30.3 Å². The standard InChI is InChI=1S/C15H18N2O/c1-4-17-14(9-12(3)16-17)15(18)10-13-7-5-6-11(2)8-13/h5-9H,4,10H2,1-3H3. The molecule has 0 aliphatic carbocycles. The van der Waals surface area contributed by atoms with Crippen LogP contribution >= 0.6 is 0 Å². The molecule has 0 unspecified atom stereocenters. The molecule has 3 nitrogen and oxygen atoms in total. The number of carbonyl (C=O) groups excluding carboxylic acids is 1. The zero-order valence-corrected chi connectivity index (χ0v) is 11.1. The lowest BCUT2D eigenvalue weighted by Gasteiger charge is -2.04. The Kier molecular flexibility index (Phi) is 3.60. The van der Waals surface area contributed by atoms with E-state index in [0.29, 0.717) is 12.1 Å². The zero-order chi connectivity index (χ0) is 13.1. The Labute approximate surface area is 107 Å². The minimum absolute atomic E-state index is 0.128. The van der Waals surface area contributed by atoms with Crippen molar-refractivity contribution in [3.63, 3.8) is 0 Å². The third-order valence-corrected chi connectivity index (χ3v) is 2.93. The second-order valence-electron chi connectivity index (χ2n) is 4.58. The fraction of sp³-hybridized carbons (Fsp3) is 0.333. The molecule has 0 N–H and O–H groups in total. The van der Waals surface area contributed by atoms with E-state index in [1.54, 1.807) is 4.68 Å². The normalized spacial score (nSPS) is 10.6. The lowest BCUT2D eigenvalue weighted by molar-refractivity contribution is 0.0983. The number of benzene rings is 1. The van der Waals surface area contributed by atoms with E-state index < -0.39 is 0 Å². The average Bonchev–Trinajstić information content (AvgIpc) is 2.70. The summed E-state index contributed by atoms with van der Waals surface area (Å²) in [5, 5.41) is 4.31. The molecule has 1 aromatic heterocycles. The van der Waals surface area contributed by atoms with Gasteiger partial charge < -0.3 is 0 Å². The van der Waals surface area contributed by atoms with Gasteiger partial charge in [-0.2, -0.15) is 5.10 Å². The maximum absolute atomic E-state index is 12.3. The average molecular weight is 242 g/mol. The van der Waals surface area contributed by atoms with Gasteiger partial charge in [0.1, 0.15) is 5.69 Å². The number of rotatable bonds is 4. The molecule has 0 aliphatic heterocycles. The van der Waals surface area contributed by atoms with Crippen LogP contribution in [0.4, 0.5) is 0 Å². The lowest BCUT2D eigenvalue weighted by atomic mass is 10.0. The van der Waals surface area contributed by atoms with Crippen molar-refractivity contribution in [3.8, 4) is 0 Å². The van der Waals surface area contributed by atoms with Gasteiger partial charge in [-0.1, -0.05) is 29.8 Å². The molecule has 0 radical (unpaired) electrons. The van der Waals surface area contributed by atoms with Crippen molar-refractivity contribution in [2.24, 2.45) is 0 Å². The van der Waals surface area contributed by atoms with Gasteiger partial charge >= 0.3 is 0 Å². The minimum atomic E-state index is 0.128. The first-order valence-corrected chi connectivity index (χ1v) is 6.23. The predicted molar refractivity (Wildman–Crippen MR) is 71.9 cm³/mol. The summed E-state index contributed by atoms with van der Waals surface area (Å²) in [4.78, 5) is 12.3. The van der Waals surface area contributed by atoms with Crippen LogP contribution in [0, 0.1) is 13.8 Å². The maximum Gasteiger partial charge on any atom is 0.185 e. The number of aromatic nitrogens is 2. The summed E-state index contributed by atoms with van der Waals surface area (Å²) in [5.41, 5.74) is 3.84. The molecule has 0 spiro atoms. The number of hydrogen-bond donors (Lipinski definition) is 0. The quantitative estimate of drug-likeness (QED) is 0.773. The van der Waals surface area contributed by atoms with Crippen molar-refractivity contribution in [3.05, 3.63) is 52.8 Å². The molecule has 1 heterocycles. The Bertz CT molecular complexity index is 570. The second-order valence-corrected chi connectivity index (χ2v) is 4.58. The number of ketones is 1. The molecular weight excluding hydrogens is 224 g/mol. The molecule has 2 rings (SSSR count). The fourth-order valence-corrected chi connectivity index (χ4v) is 2.11. The topological polar surface area (TPSA) is 34.9 Å². The van der Waals surface area contributed by atoms with Gasteiger partial charge in [0.05, 0.1) is 5.69 Å². The van der Waals surface area contributed by atoms with Crippen LogP contribution in [-0.4, -0.2) is 15.6 Å². The van der Waals surface area contributed by atoms with E-state index in [1.807, 2.05) is 45.0 Å². The summed E-state index contributed by atoms with van der Waals surface area (Å²) in [6, 6.07) is 9.93. The second kappa shape index (κ2) is 5.17. The highest BCUT2D eigenvalue weighted by molar-refractivity contribution is 5.96. The van der Waals surface area contributed by atoms with Crippen LogP contribution in [0.5, 0.6) is 0 Å². The van der Waals surface area contributed by atoms with E-state index in [2.05, 4.69) is 11.2 Å². The van der Waals surface area contributed by atoms with Gasteiger partial charge in [-0.25, -0.2) is 0 Å². The summed E-state index contributed by atoms with van der Waals surface area (Å²) >= 11 is 0. The van der Waals surface area contributed by atoms with Crippen LogP contribution < -0.4 is 0 Å². The summed E-state index contributed by atoms with van der Waals surface area (Å²) in [7, 11) is 0. The fourth-order valence-electron chi connectivity index (χ4n) is 2.11. The molecule has 94 valence electrons. The number of aryl methyl sites for hydroxylation is 3. The molecule has 0 fully saturated rings. The van der Waals surface area contributed by atoms with Gasteiger partial charge in [0, 0.05) is 13.0 Å². The Morgan fingerprint density at radius 2 is 2.06 bits per heavy atom. The molecule has 0 bridgehead atoms. The number of carbonyl (C=O) groups is 1. The maximum atomic E-state index is 12.3. The van der Waals surface area contributed by atoms with Crippen LogP contribution in [0.25, 0.3) is 0 Å². The Morgan fingerprint density at radius 1 is 1.28 bits per heavy atom. The molecule has 0 atom stereocenters. The van der Waals surface area contributed by atoms with Crippen molar-refractivity contribution in [2.45, 2.75) is 33.7 Å². The highest BCUT2D eigenvalue weighted by Crippen LogP contribution is 2.11. The highest BCUT2D eigenvalue weighted by Gasteiger charge is 2.13. The van der Waals surface area contributed by atoms with Crippen molar-refractivity contribution in [1.82, 2.24) is 9.78 Å². The molecule has 0 saturated carbocycles. The first-order chi connectivity index (χ1) is 8.60. The molecule has 1 aromatic carbocycles. The Hall–Kier alpha value is -1.90. The first-order valence-electron chi connectivity index (χ1n) is 6.23. The van der Waals surface area contributed by atoms with Gasteiger partial charge in [0.25, 0.3) is 0 Å². The third kappa shape index (κ3) is 2.67. The van der Waals surface area contributed by atoms with E-state index in [-0.39, 0.29) is 5.78 Å². The van der Waals surface area contributed by atoms with Crippen LogP contribution in [0.3, 0.4) is 0 Å². The summed E-state index contributed by atoms with van der Waals surface area (Å²) in [6.07, 6.45) is 0.437. The van der Waals surface area contributed by atoms with E-state index in [0.717, 1.165) is 17.8 Å². The number of Topliss-reactive ketones (excluding diaryl/α,β-unsaturated/α-hetero) is 1. The Balaban J connectivity index is 2.21. The first kappa shape index (κ1) is 12.6. The van der Waals surface area contributed by atoms with Gasteiger partial charge in [-0.3, -0.25) is 9.48 Å². The van der Waals surface area contributed by atoms with Crippen molar-refractivity contribution in [1.29, 1.82) is 0 Å². The Morgan fingerprint density at radius 3 is 2.72 bits per heavy atom. The van der Waals surface area contributed by atoms with E-state index >= 15 is 0 Å². The summed E-state index contributed by atoms with van der Waals surface area (Å²) in [6.45, 7) is 6.67. The number of nitrogens with zero attached hydrogens (tertiary/aromatic N) is 2. The van der Waals surface area contributed by atoms with Crippen LogP contribution in [0.1, 0.15) is 34.2 Å². The van der Waals surface area contributed by atoms with Crippen LogP contribution in [0.2, 0.25) is 0 Å². The van der Waals surface area contributed by atoms with Crippen molar-refractivity contribution >= 4 is 5.78 Å².